The minimum atomic E-state index is 0.200. The summed E-state index contributed by atoms with van der Waals surface area (Å²) in [5, 5.41) is 3.16. The van der Waals surface area contributed by atoms with E-state index in [0.717, 1.165) is 36.5 Å². The number of rotatable bonds is 5. The summed E-state index contributed by atoms with van der Waals surface area (Å²) in [5.74, 6) is 3.90. The summed E-state index contributed by atoms with van der Waals surface area (Å²) in [6.07, 6.45) is 6.27. The Hall–Kier alpha value is -0.570. The second-order valence-electron chi connectivity index (χ2n) is 6.24. The molecule has 0 heterocycles. The first-order chi connectivity index (χ1) is 8.26. The number of nitrogens with two attached hydrogens (primary N) is 1. The monoisotopic (exact) mass is 236 g/mol. The second-order valence-corrected chi connectivity index (χ2v) is 6.24. The zero-order chi connectivity index (χ0) is 12.0. The fraction of sp³-hybridized carbons (Fsp3) is 0.929. The summed E-state index contributed by atoms with van der Waals surface area (Å²) in [7, 11) is 0. The van der Waals surface area contributed by atoms with E-state index in [1.807, 2.05) is 0 Å². The molecule has 0 spiro atoms. The largest absolute Gasteiger partial charge is 0.352 e. The van der Waals surface area contributed by atoms with Crippen LogP contribution in [0.25, 0.3) is 0 Å². The normalized spacial score (nSPS) is 43.3. The SMILES string of the molecule is CCCC(CN)NC(=O)C1C2C3CCC(C3)C12. The maximum atomic E-state index is 12.2. The third-order valence-corrected chi connectivity index (χ3v) is 5.31. The van der Waals surface area contributed by atoms with Gasteiger partial charge in [0.1, 0.15) is 0 Å². The van der Waals surface area contributed by atoms with Crippen molar-refractivity contribution in [3.8, 4) is 0 Å². The molecule has 3 saturated carbocycles. The molecule has 3 heteroatoms. The second kappa shape index (κ2) is 4.27. The van der Waals surface area contributed by atoms with E-state index in [2.05, 4.69) is 12.2 Å². The summed E-state index contributed by atoms with van der Waals surface area (Å²) in [4.78, 5) is 12.2. The highest BCUT2D eigenvalue weighted by Gasteiger charge is 2.67. The van der Waals surface area contributed by atoms with Gasteiger partial charge in [0, 0.05) is 18.5 Å². The van der Waals surface area contributed by atoms with Gasteiger partial charge in [0.2, 0.25) is 5.91 Å². The molecule has 5 unspecified atom stereocenters. The van der Waals surface area contributed by atoms with Crippen LogP contribution in [0.5, 0.6) is 0 Å². The van der Waals surface area contributed by atoms with E-state index in [1.165, 1.54) is 19.3 Å². The van der Waals surface area contributed by atoms with Crippen LogP contribution in [-0.2, 0) is 4.79 Å². The highest BCUT2D eigenvalue weighted by Crippen LogP contribution is 2.69. The fourth-order valence-corrected chi connectivity index (χ4v) is 4.57. The Kier molecular flexibility index (Phi) is 2.89. The minimum absolute atomic E-state index is 0.200. The third kappa shape index (κ3) is 1.79. The minimum Gasteiger partial charge on any atom is -0.352 e. The van der Waals surface area contributed by atoms with Crippen molar-refractivity contribution in [2.24, 2.45) is 35.3 Å². The van der Waals surface area contributed by atoms with Crippen LogP contribution in [0.3, 0.4) is 0 Å². The van der Waals surface area contributed by atoms with Gasteiger partial charge < -0.3 is 11.1 Å². The molecular formula is C14H24N2O. The van der Waals surface area contributed by atoms with E-state index < -0.39 is 0 Å². The Morgan fingerprint density at radius 1 is 1.35 bits per heavy atom. The molecule has 3 nitrogen and oxygen atoms in total. The first-order valence-electron chi connectivity index (χ1n) is 7.26. The Morgan fingerprint density at radius 2 is 2.00 bits per heavy atom. The van der Waals surface area contributed by atoms with Crippen molar-refractivity contribution in [1.82, 2.24) is 5.32 Å². The summed E-state index contributed by atoms with van der Waals surface area (Å²) in [5.41, 5.74) is 5.70. The van der Waals surface area contributed by atoms with Crippen LogP contribution in [0.15, 0.2) is 0 Å². The van der Waals surface area contributed by atoms with Crippen molar-refractivity contribution in [3.05, 3.63) is 0 Å². The van der Waals surface area contributed by atoms with Gasteiger partial charge in [-0.1, -0.05) is 13.3 Å². The van der Waals surface area contributed by atoms with E-state index in [9.17, 15) is 4.79 Å². The van der Waals surface area contributed by atoms with E-state index in [0.29, 0.717) is 18.4 Å². The number of carbonyl (C=O) groups is 1. The van der Waals surface area contributed by atoms with Crippen LogP contribution in [0.2, 0.25) is 0 Å². The first kappa shape index (κ1) is 11.5. The Balaban J connectivity index is 1.55. The van der Waals surface area contributed by atoms with Crippen LogP contribution >= 0.6 is 0 Å². The summed E-state index contributed by atoms with van der Waals surface area (Å²) < 4.78 is 0. The van der Waals surface area contributed by atoms with E-state index in [1.54, 1.807) is 0 Å². The van der Waals surface area contributed by atoms with Gasteiger partial charge in [-0.15, -0.1) is 0 Å². The molecule has 0 aromatic rings. The Bertz CT molecular complexity index is 301. The van der Waals surface area contributed by atoms with Gasteiger partial charge in [0.05, 0.1) is 0 Å². The summed E-state index contributed by atoms with van der Waals surface area (Å²) >= 11 is 0. The number of hydrogen-bond acceptors (Lipinski definition) is 2. The van der Waals surface area contributed by atoms with Gasteiger partial charge in [-0.3, -0.25) is 4.79 Å². The standard InChI is InChI=1S/C14H24N2O/c1-2-3-10(7-15)16-14(17)13-11-8-4-5-9(6-8)12(11)13/h8-13H,2-7,15H2,1H3,(H,16,17). The molecule has 1 amide bonds. The van der Waals surface area contributed by atoms with E-state index in [4.69, 9.17) is 5.73 Å². The predicted octanol–water partition coefficient (Wildman–Crippen LogP) is 1.52. The average molecular weight is 236 g/mol. The molecular weight excluding hydrogens is 212 g/mol. The van der Waals surface area contributed by atoms with Crippen LogP contribution in [0, 0.1) is 29.6 Å². The van der Waals surface area contributed by atoms with Crippen molar-refractivity contribution in [1.29, 1.82) is 0 Å². The van der Waals surface area contributed by atoms with Gasteiger partial charge in [-0.25, -0.2) is 0 Å². The van der Waals surface area contributed by atoms with Gasteiger partial charge in [0.25, 0.3) is 0 Å². The molecule has 2 bridgehead atoms. The van der Waals surface area contributed by atoms with Crippen LogP contribution in [0.1, 0.15) is 39.0 Å². The number of nitrogens with one attached hydrogen (secondary N) is 1. The highest BCUT2D eigenvalue weighted by atomic mass is 16.2. The number of carbonyl (C=O) groups excluding carboxylic acids is 1. The van der Waals surface area contributed by atoms with E-state index in [-0.39, 0.29) is 6.04 Å². The average Bonchev–Trinajstić information content (AvgIpc) is 2.78. The van der Waals surface area contributed by atoms with Crippen LogP contribution < -0.4 is 11.1 Å². The van der Waals surface area contributed by atoms with Crippen molar-refractivity contribution in [2.75, 3.05) is 6.54 Å². The predicted molar refractivity (Wildman–Crippen MR) is 67.2 cm³/mol. The smallest absolute Gasteiger partial charge is 0.223 e. The van der Waals surface area contributed by atoms with Crippen molar-refractivity contribution in [2.45, 2.75) is 45.1 Å². The molecule has 0 aromatic carbocycles. The van der Waals surface area contributed by atoms with Crippen molar-refractivity contribution in [3.63, 3.8) is 0 Å². The lowest BCUT2D eigenvalue weighted by molar-refractivity contribution is -0.124. The fourth-order valence-electron chi connectivity index (χ4n) is 4.57. The number of fused-ring (bicyclic) bond motifs is 5. The maximum Gasteiger partial charge on any atom is 0.223 e. The molecule has 3 N–H and O–H groups in total. The summed E-state index contributed by atoms with van der Waals surface area (Å²) in [6, 6.07) is 0.200. The van der Waals surface area contributed by atoms with Gasteiger partial charge in [-0.2, -0.15) is 0 Å². The molecule has 17 heavy (non-hydrogen) atoms. The van der Waals surface area contributed by atoms with Gasteiger partial charge >= 0.3 is 0 Å². The quantitative estimate of drug-likeness (QED) is 0.760. The Labute approximate surface area is 104 Å². The topological polar surface area (TPSA) is 55.1 Å². The molecule has 0 aliphatic heterocycles. The molecule has 0 aromatic heterocycles. The van der Waals surface area contributed by atoms with Crippen molar-refractivity contribution < 1.29 is 4.79 Å². The zero-order valence-corrected chi connectivity index (χ0v) is 10.7. The summed E-state index contributed by atoms with van der Waals surface area (Å²) in [6.45, 7) is 2.72. The van der Waals surface area contributed by atoms with E-state index >= 15 is 0 Å². The van der Waals surface area contributed by atoms with Gasteiger partial charge in [-0.05, 0) is 49.4 Å². The first-order valence-corrected chi connectivity index (χ1v) is 7.26. The molecule has 0 radical (unpaired) electrons. The molecule has 5 atom stereocenters. The third-order valence-electron chi connectivity index (χ3n) is 5.31. The van der Waals surface area contributed by atoms with Crippen LogP contribution in [-0.4, -0.2) is 18.5 Å². The number of amides is 1. The molecule has 3 fully saturated rings. The van der Waals surface area contributed by atoms with Crippen LogP contribution in [0.4, 0.5) is 0 Å². The molecule has 3 aliphatic carbocycles. The van der Waals surface area contributed by atoms with Crippen molar-refractivity contribution >= 4 is 5.91 Å². The lowest BCUT2D eigenvalue weighted by Gasteiger charge is -2.17. The molecule has 96 valence electrons. The lowest BCUT2D eigenvalue weighted by Crippen LogP contribution is -2.41. The zero-order valence-electron chi connectivity index (χ0n) is 10.7. The maximum absolute atomic E-state index is 12.2. The molecule has 3 rings (SSSR count). The lowest BCUT2D eigenvalue weighted by atomic mass is 10.0. The molecule has 3 aliphatic rings. The molecule has 0 saturated heterocycles. The highest BCUT2D eigenvalue weighted by molar-refractivity contribution is 5.83. The number of hydrogen-bond donors (Lipinski definition) is 2. The van der Waals surface area contributed by atoms with Gasteiger partial charge in [0.15, 0.2) is 0 Å². The Morgan fingerprint density at radius 3 is 2.53 bits per heavy atom.